The van der Waals surface area contributed by atoms with Crippen molar-refractivity contribution in [3.05, 3.63) is 77.2 Å². The molecule has 5 nitrogen and oxygen atoms in total. The van der Waals surface area contributed by atoms with Gasteiger partial charge in [0.1, 0.15) is 23.4 Å². The maximum atomic E-state index is 13.2. The third-order valence-electron chi connectivity index (χ3n) is 5.44. The second-order valence-corrected chi connectivity index (χ2v) is 7.44. The van der Waals surface area contributed by atoms with E-state index in [-0.39, 0.29) is 5.82 Å². The zero-order chi connectivity index (χ0) is 20.4. The maximum absolute atomic E-state index is 13.2. The Hall–Kier alpha value is -3.46. The van der Waals surface area contributed by atoms with Crippen LogP contribution in [-0.2, 0) is 6.54 Å². The van der Waals surface area contributed by atoms with Crippen LogP contribution in [0.15, 0.2) is 54.6 Å². The van der Waals surface area contributed by atoms with Crippen LogP contribution in [0.3, 0.4) is 0 Å². The summed E-state index contributed by atoms with van der Waals surface area (Å²) in [5.41, 5.74) is 10.9. The van der Waals surface area contributed by atoms with E-state index >= 15 is 0 Å². The third kappa shape index (κ3) is 3.90. The molecule has 1 aliphatic heterocycles. The smallest absolute Gasteiger partial charge is 0.133 e. The van der Waals surface area contributed by atoms with Gasteiger partial charge in [0, 0.05) is 31.9 Å². The van der Waals surface area contributed by atoms with E-state index in [1.165, 1.54) is 17.7 Å². The highest BCUT2D eigenvalue weighted by Gasteiger charge is 2.24. The lowest BCUT2D eigenvalue weighted by atomic mass is 10.1. The van der Waals surface area contributed by atoms with Crippen LogP contribution in [0, 0.1) is 24.1 Å². The normalized spacial score (nSPS) is 14.1. The number of nitrogens with two attached hydrogens (primary N) is 1. The van der Waals surface area contributed by atoms with E-state index in [4.69, 9.17) is 5.73 Å². The van der Waals surface area contributed by atoms with E-state index in [9.17, 15) is 9.65 Å². The van der Waals surface area contributed by atoms with Crippen molar-refractivity contribution in [2.24, 2.45) is 0 Å². The van der Waals surface area contributed by atoms with Crippen LogP contribution in [0.5, 0.6) is 0 Å². The number of rotatable bonds is 4. The number of benzene rings is 2. The second-order valence-electron chi connectivity index (χ2n) is 7.44. The molecule has 3 aromatic rings. The van der Waals surface area contributed by atoms with Crippen molar-refractivity contribution >= 4 is 17.2 Å². The predicted octanol–water partition coefficient (Wildman–Crippen LogP) is 3.76. The van der Waals surface area contributed by atoms with Gasteiger partial charge in [-0.25, -0.2) is 4.39 Å². The second kappa shape index (κ2) is 7.88. The lowest BCUT2D eigenvalue weighted by Gasteiger charge is -2.38. The van der Waals surface area contributed by atoms with Gasteiger partial charge < -0.3 is 20.1 Å². The highest BCUT2D eigenvalue weighted by Crippen LogP contribution is 2.30. The molecular formula is C23H24FN5. The Morgan fingerprint density at radius 3 is 2.21 bits per heavy atom. The molecule has 0 amide bonds. The van der Waals surface area contributed by atoms with Crippen LogP contribution in [0.25, 0.3) is 0 Å². The number of nitrogen functional groups attached to an aromatic ring is 1. The van der Waals surface area contributed by atoms with Crippen molar-refractivity contribution in [1.29, 1.82) is 5.26 Å². The van der Waals surface area contributed by atoms with E-state index in [1.807, 2.05) is 16.7 Å². The van der Waals surface area contributed by atoms with Gasteiger partial charge in [-0.05, 0) is 42.8 Å². The van der Waals surface area contributed by atoms with Crippen LogP contribution in [-0.4, -0.2) is 30.7 Å². The van der Waals surface area contributed by atoms with Crippen molar-refractivity contribution in [3.8, 4) is 6.07 Å². The molecule has 1 aromatic heterocycles. The number of piperazine rings is 1. The van der Waals surface area contributed by atoms with E-state index in [1.54, 1.807) is 6.07 Å². The maximum Gasteiger partial charge on any atom is 0.133 e. The van der Waals surface area contributed by atoms with Crippen molar-refractivity contribution < 1.29 is 4.39 Å². The van der Waals surface area contributed by atoms with Gasteiger partial charge in [0.05, 0.1) is 12.2 Å². The van der Waals surface area contributed by atoms with Gasteiger partial charge in [-0.3, -0.25) is 0 Å². The van der Waals surface area contributed by atoms with Crippen LogP contribution in [0.1, 0.15) is 16.8 Å². The number of hydrogen-bond donors (Lipinski definition) is 1. The average Bonchev–Trinajstić information content (AvgIpc) is 3.05. The van der Waals surface area contributed by atoms with E-state index in [2.05, 4.69) is 47.1 Å². The largest absolute Gasteiger partial charge is 0.396 e. The summed E-state index contributed by atoms with van der Waals surface area (Å²) in [6.45, 7) is 5.85. The van der Waals surface area contributed by atoms with Gasteiger partial charge in [-0.2, -0.15) is 5.26 Å². The molecule has 29 heavy (non-hydrogen) atoms. The molecular weight excluding hydrogens is 365 g/mol. The van der Waals surface area contributed by atoms with E-state index in [0.29, 0.717) is 17.9 Å². The fourth-order valence-corrected chi connectivity index (χ4v) is 3.87. The Balaban J connectivity index is 1.55. The molecule has 0 saturated carbocycles. The van der Waals surface area contributed by atoms with Gasteiger partial charge in [-0.15, -0.1) is 0 Å². The predicted molar refractivity (Wildman–Crippen MR) is 115 cm³/mol. The summed E-state index contributed by atoms with van der Waals surface area (Å²) >= 11 is 0. The average molecular weight is 389 g/mol. The molecule has 0 atom stereocenters. The molecule has 2 aromatic carbocycles. The van der Waals surface area contributed by atoms with Crippen molar-refractivity contribution in [3.63, 3.8) is 0 Å². The number of aromatic nitrogens is 1. The highest BCUT2D eigenvalue weighted by atomic mass is 19.1. The molecule has 0 bridgehead atoms. The quantitative estimate of drug-likeness (QED) is 0.738. The molecule has 1 fully saturated rings. The molecule has 2 N–H and O–H groups in total. The molecule has 148 valence electrons. The number of hydrogen-bond acceptors (Lipinski definition) is 4. The summed E-state index contributed by atoms with van der Waals surface area (Å²) in [5.74, 6) is 0.680. The minimum atomic E-state index is -0.224. The highest BCUT2D eigenvalue weighted by molar-refractivity contribution is 5.69. The van der Waals surface area contributed by atoms with E-state index < -0.39 is 0 Å². The SMILES string of the molecule is Cc1ccc(Cn2c(C#N)cc(N)c2N2CCN(c3ccc(F)cc3)CC2)cc1. The van der Waals surface area contributed by atoms with Gasteiger partial charge in [0.15, 0.2) is 0 Å². The number of aryl methyl sites for hydroxylation is 1. The number of anilines is 3. The summed E-state index contributed by atoms with van der Waals surface area (Å²) in [7, 11) is 0. The van der Waals surface area contributed by atoms with Crippen LogP contribution < -0.4 is 15.5 Å². The molecule has 0 unspecified atom stereocenters. The summed E-state index contributed by atoms with van der Waals surface area (Å²) in [5, 5.41) is 9.61. The fraction of sp³-hybridized carbons (Fsp3) is 0.261. The first kappa shape index (κ1) is 18.9. The van der Waals surface area contributed by atoms with Crippen molar-refractivity contribution in [1.82, 2.24) is 4.57 Å². The van der Waals surface area contributed by atoms with Gasteiger partial charge in [0.2, 0.25) is 0 Å². The lowest BCUT2D eigenvalue weighted by molar-refractivity contribution is 0.620. The number of halogens is 1. The van der Waals surface area contributed by atoms with Crippen LogP contribution in [0.2, 0.25) is 0 Å². The Kier molecular flexibility index (Phi) is 5.13. The molecule has 6 heteroatoms. The Labute approximate surface area is 170 Å². The lowest BCUT2D eigenvalue weighted by Crippen LogP contribution is -2.47. The zero-order valence-electron chi connectivity index (χ0n) is 16.5. The Bertz CT molecular complexity index is 1020. The standard InChI is InChI=1S/C23H24FN5/c1-17-2-4-18(5-3-17)16-29-21(15-25)14-22(26)23(29)28-12-10-27(11-13-28)20-8-6-19(24)7-9-20/h2-9,14H,10-13,16,26H2,1H3. The van der Waals surface area contributed by atoms with Crippen LogP contribution in [0.4, 0.5) is 21.6 Å². The van der Waals surface area contributed by atoms with Gasteiger partial charge >= 0.3 is 0 Å². The summed E-state index contributed by atoms with van der Waals surface area (Å²) in [6.07, 6.45) is 0. The third-order valence-corrected chi connectivity index (χ3v) is 5.44. The Morgan fingerprint density at radius 1 is 0.966 bits per heavy atom. The first-order valence-corrected chi connectivity index (χ1v) is 9.75. The summed E-state index contributed by atoms with van der Waals surface area (Å²) in [4.78, 5) is 4.48. The molecule has 1 aliphatic rings. The molecule has 0 radical (unpaired) electrons. The fourth-order valence-electron chi connectivity index (χ4n) is 3.87. The molecule has 0 aliphatic carbocycles. The Morgan fingerprint density at radius 2 is 1.59 bits per heavy atom. The minimum absolute atomic E-state index is 0.224. The first-order chi connectivity index (χ1) is 14.0. The van der Waals surface area contributed by atoms with Gasteiger partial charge in [-0.1, -0.05) is 29.8 Å². The summed E-state index contributed by atoms with van der Waals surface area (Å²) < 4.78 is 15.2. The monoisotopic (exact) mass is 389 g/mol. The summed E-state index contributed by atoms with van der Waals surface area (Å²) in [6, 6.07) is 19.0. The van der Waals surface area contributed by atoms with Gasteiger partial charge in [0.25, 0.3) is 0 Å². The van der Waals surface area contributed by atoms with Crippen molar-refractivity contribution in [2.45, 2.75) is 13.5 Å². The van der Waals surface area contributed by atoms with Crippen molar-refractivity contribution in [2.75, 3.05) is 41.7 Å². The first-order valence-electron chi connectivity index (χ1n) is 9.75. The number of nitriles is 1. The molecule has 2 heterocycles. The molecule has 4 rings (SSSR count). The molecule has 1 saturated heterocycles. The number of nitrogens with zero attached hydrogens (tertiary/aromatic N) is 4. The van der Waals surface area contributed by atoms with Crippen LogP contribution >= 0.6 is 0 Å². The topological polar surface area (TPSA) is 61.2 Å². The molecule has 0 spiro atoms. The minimum Gasteiger partial charge on any atom is -0.396 e. The van der Waals surface area contributed by atoms with E-state index in [0.717, 1.165) is 43.2 Å². The zero-order valence-corrected chi connectivity index (χ0v) is 16.5.